The maximum Gasteiger partial charge on any atom is 0.0971 e. The Kier molecular flexibility index (Phi) is 9.10. The van der Waals surface area contributed by atoms with Gasteiger partial charge in [-0.05, 0) is 132 Å². The van der Waals surface area contributed by atoms with Crippen LogP contribution in [0.2, 0.25) is 0 Å². The number of nitrogens with zero attached hydrogens (tertiary/aromatic N) is 6. The molecule has 0 N–H and O–H groups in total. The summed E-state index contributed by atoms with van der Waals surface area (Å²) in [5.41, 5.74) is 15.1. The van der Waals surface area contributed by atoms with Crippen LogP contribution in [-0.4, -0.2) is 19.1 Å². The molecule has 328 valence electrons. The van der Waals surface area contributed by atoms with E-state index in [2.05, 4.69) is 262 Å². The summed E-state index contributed by atoms with van der Waals surface area (Å²) in [6.07, 6.45) is 3.61. The molecule has 11 aromatic carbocycles. The number of rotatable bonds is 8. The molecule has 0 radical (unpaired) electrons. The predicted molar refractivity (Wildman–Crippen MR) is 293 cm³/mol. The van der Waals surface area contributed by atoms with Crippen molar-refractivity contribution in [2.75, 3.05) is 9.80 Å². The van der Waals surface area contributed by atoms with Crippen LogP contribution in [0.4, 0.5) is 34.1 Å². The lowest BCUT2D eigenvalue weighted by molar-refractivity contribution is 1.18. The Morgan fingerprint density at radius 3 is 0.971 bits per heavy atom. The van der Waals surface area contributed by atoms with Gasteiger partial charge in [0.15, 0.2) is 0 Å². The molecule has 0 amide bonds. The number of para-hydroxylation sites is 6. The Bertz CT molecular complexity index is 3940. The summed E-state index contributed by atoms with van der Waals surface area (Å²) in [6, 6.07) is 87.4. The van der Waals surface area contributed by atoms with Gasteiger partial charge in [-0.1, -0.05) is 121 Å². The van der Waals surface area contributed by atoms with E-state index < -0.39 is 0 Å². The number of benzene rings is 11. The smallest absolute Gasteiger partial charge is 0.0971 e. The number of fused-ring (bicyclic) bond motifs is 12. The van der Waals surface area contributed by atoms with Crippen molar-refractivity contribution >= 4 is 110 Å². The van der Waals surface area contributed by atoms with Gasteiger partial charge in [0.05, 0.1) is 33.1 Å². The molecule has 6 nitrogen and oxygen atoms in total. The summed E-state index contributed by atoms with van der Waals surface area (Å²) in [5.74, 6) is 0. The zero-order valence-corrected chi connectivity index (χ0v) is 37.9. The van der Waals surface area contributed by atoms with Crippen molar-refractivity contribution < 1.29 is 0 Å². The van der Waals surface area contributed by atoms with E-state index in [-0.39, 0.29) is 0 Å². The maximum absolute atomic E-state index is 4.97. The van der Waals surface area contributed by atoms with Crippen molar-refractivity contribution in [3.63, 3.8) is 0 Å². The van der Waals surface area contributed by atoms with E-state index in [0.717, 1.165) is 100 Å². The van der Waals surface area contributed by atoms with Crippen LogP contribution in [0.3, 0.4) is 0 Å². The summed E-state index contributed by atoms with van der Waals surface area (Å²) in [7, 11) is 0. The first-order valence-corrected chi connectivity index (χ1v) is 23.7. The number of aromatic nitrogens is 4. The van der Waals surface area contributed by atoms with Gasteiger partial charge in [-0.15, -0.1) is 0 Å². The van der Waals surface area contributed by atoms with E-state index in [9.17, 15) is 0 Å². The van der Waals surface area contributed by atoms with Gasteiger partial charge in [0.2, 0.25) is 0 Å². The molecular formula is C64H42N6. The summed E-state index contributed by atoms with van der Waals surface area (Å²) in [4.78, 5) is 14.6. The number of anilines is 6. The van der Waals surface area contributed by atoms with E-state index in [1.165, 1.54) is 21.5 Å². The van der Waals surface area contributed by atoms with Crippen LogP contribution in [0.1, 0.15) is 0 Å². The fraction of sp³-hybridized carbons (Fsp3) is 0. The van der Waals surface area contributed by atoms with E-state index in [4.69, 9.17) is 9.97 Å². The van der Waals surface area contributed by atoms with E-state index in [1.807, 2.05) is 0 Å². The molecule has 0 aliphatic carbocycles. The normalized spacial score (nSPS) is 11.7. The molecule has 0 aliphatic heterocycles. The molecular weight excluding hydrogens is 853 g/mol. The Balaban J connectivity index is 0.967. The van der Waals surface area contributed by atoms with E-state index >= 15 is 0 Å². The lowest BCUT2D eigenvalue weighted by Gasteiger charge is -2.25. The predicted octanol–water partition coefficient (Wildman–Crippen LogP) is 17.1. The SMILES string of the molecule is c1ccc(N(c2ccccc2)c2ccc3c(c2)c2ccccc2n3-c2ccc3c(c2)c2cc(-n4c5ccccc5c5cc(N(c6ccccc6)c6ccccc6)ccc54)ccc2c2nccnc32)cc1. The minimum Gasteiger partial charge on any atom is -0.310 e. The van der Waals surface area contributed by atoms with Crippen molar-refractivity contribution in [1.82, 2.24) is 19.1 Å². The van der Waals surface area contributed by atoms with Crippen LogP contribution in [0.5, 0.6) is 0 Å². The Morgan fingerprint density at radius 1 is 0.243 bits per heavy atom. The molecule has 3 heterocycles. The third-order valence-corrected chi connectivity index (χ3v) is 13.9. The highest BCUT2D eigenvalue weighted by Crippen LogP contribution is 2.44. The highest BCUT2D eigenvalue weighted by Gasteiger charge is 2.21. The second-order valence-electron chi connectivity index (χ2n) is 17.8. The van der Waals surface area contributed by atoms with Crippen molar-refractivity contribution in [1.29, 1.82) is 0 Å². The van der Waals surface area contributed by atoms with Gasteiger partial charge < -0.3 is 18.9 Å². The van der Waals surface area contributed by atoms with Gasteiger partial charge in [0, 0.05) is 90.2 Å². The molecule has 0 saturated carbocycles. The van der Waals surface area contributed by atoms with Crippen LogP contribution in [-0.2, 0) is 0 Å². The average Bonchev–Trinajstić information content (AvgIpc) is 3.94. The summed E-state index contributed by atoms with van der Waals surface area (Å²) in [5, 5.41) is 9.13. The Morgan fingerprint density at radius 2 is 0.586 bits per heavy atom. The molecule has 0 fully saturated rings. The zero-order chi connectivity index (χ0) is 46.1. The lowest BCUT2D eigenvalue weighted by atomic mass is 9.98. The summed E-state index contributed by atoms with van der Waals surface area (Å²) in [6.45, 7) is 0. The van der Waals surface area contributed by atoms with Crippen LogP contribution in [0, 0.1) is 0 Å². The molecule has 0 saturated heterocycles. The van der Waals surface area contributed by atoms with Crippen LogP contribution in [0.25, 0.3) is 87.6 Å². The first-order valence-electron chi connectivity index (χ1n) is 23.7. The number of hydrogen-bond acceptors (Lipinski definition) is 4. The van der Waals surface area contributed by atoms with Gasteiger partial charge in [-0.25, -0.2) is 0 Å². The van der Waals surface area contributed by atoms with Crippen LogP contribution < -0.4 is 9.80 Å². The fourth-order valence-electron chi connectivity index (χ4n) is 10.9. The second-order valence-corrected chi connectivity index (χ2v) is 17.8. The van der Waals surface area contributed by atoms with Crippen LogP contribution >= 0.6 is 0 Å². The van der Waals surface area contributed by atoms with E-state index in [1.54, 1.807) is 12.4 Å². The maximum atomic E-state index is 4.97. The van der Waals surface area contributed by atoms with Crippen LogP contribution in [0.15, 0.2) is 255 Å². The summed E-state index contributed by atoms with van der Waals surface area (Å²) < 4.78 is 4.83. The largest absolute Gasteiger partial charge is 0.310 e. The molecule has 70 heavy (non-hydrogen) atoms. The van der Waals surface area contributed by atoms with Crippen molar-refractivity contribution in [2.45, 2.75) is 0 Å². The molecule has 14 aromatic rings. The minimum absolute atomic E-state index is 0.892. The standard InChI is InChI=1S/C64H42N6/c1-5-17-43(18-6-1)67(44-19-7-2-8-20-44)47-31-35-61-57(41-47)51-25-13-15-27-59(51)69(61)49-29-33-53-55(39-49)56-40-50(30-34-54(56)64-63(53)65-37-38-66-64)70-60-28-16-14-26-52(60)58-42-48(32-36-62(58)70)68(45-21-9-3-10-22-45)46-23-11-4-12-24-46/h1-42H. The van der Waals surface area contributed by atoms with Gasteiger partial charge in [-0.3, -0.25) is 9.97 Å². The molecule has 14 rings (SSSR count). The topological polar surface area (TPSA) is 42.1 Å². The molecule has 3 aromatic heterocycles. The molecule has 6 heteroatoms. The van der Waals surface area contributed by atoms with Gasteiger partial charge in [-0.2, -0.15) is 0 Å². The molecule has 0 spiro atoms. The second kappa shape index (κ2) is 16.1. The monoisotopic (exact) mass is 894 g/mol. The first kappa shape index (κ1) is 39.6. The lowest BCUT2D eigenvalue weighted by Crippen LogP contribution is -2.09. The molecule has 0 bridgehead atoms. The molecule has 0 atom stereocenters. The average molecular weight is 895 g/mol. The third-order valence-electron chi connectivity index (χ3n) is 13.9. The minimum atomic E-state index is 0.892. The van der Waals surface area contributed by atoms with Crippen molar-refractivity contribution in [3.05, 3.63) is 255 Å². The molecule has 0 aliphatic rings. The Hall–Kier alpha value is -9.52. The summed E-state index contributed by atoms with van der Waals surface area (Å²) >= 11 is 0. The first-order chi connectivity index (χ1) is 34.7. The Labute approximate surface area is 403 Å². The fourth-order valence-corrected chi connectivity index (χ4v) is 10.9. The number of hydrogen-bond donors (Lipinski definition) is 0. The van der Waals surface area contributed by atoms with Gasteiger partial charge >= 0.3 is 0 Å². The van der Waals surface area contributed by atoms with E-state index in [0.29, 0.717) is 0 Å². The van der Waals surface area contributed by atoms with Crippen molar-refractivity contribution in [2.24, 2.45) is 0 Å². The molecule has 0 unspecified atom stereocenters. The third kappa shape index (κ3) is 6.27. The van der Waals surface area contributed by atoms with Crippen molar-refractivity contribution in [3.8, 4) is 11.4 Å². The zero-order valence-electron chi connectivity index (χ0n) is 37.9. The highest BCUT2D eigenvalue weighted by molar-refractivity contribution is 6.24. The van der Waals surface area contributed by atoms with Gasteiger partial charge in [0.25, 0.3) is 0 Å². The van der Waals surface area contributed by atoms with Gasteiger partial charge in [0.1, 0.15) is 0 Å². The quantitative estimate of drug-likeness (QED) is 0.143. The highest BCUT2D eigenvalue weighted by atomic mass is 15.1.